The number of hydrogen-bond acceptors (Lipinski definition) is 3. The number of rotatable bonds is 2. The topological polar surface area (TPSA) is 63.9 Å². The van der Waals surface area contributed by atoms with Crippen molar-refractivity contribution in [3.8, 4) is 0 Å². The van der Waals surface area contributed by atoms with Crippen molar-refractivity contribution in [2.75, 3.05) is 18.9 Å². The summed E-state index contributed by atoms with van der Waals surface area (Å²) in [7, 11) is 2.15. The number of nitrogens with zero attached hydrogens (tertiary/aromatic N) is 1. The zero-order valence-corrected chi connectivity index (χ0v) is 12.5. The van der Waals surface area contributed by atoms with Gasteiger partial charge in [0.15, 0.2) is 0 Å². The molecule has 1 aliphatic heterocycles. The quantitative estimate of drug-likeness (QED) is 0.792. The van der Waals surface area contributed by atoms with E-state index in [0.717, 1.165) is 34.2 Å². The lowest BCUT2D eigenvalue weighted by molar-refractivity contribution is 0.330. The van der Waals surface area contributed by atoms with Crippen LogP contribution in [-0.4, -0.2) is 40.5 Å². The lowest BCUT2D eigenvalue weighted by Gasteiger charge is -2.15. The van der Waals surface area contributed by atoms with Gasteiger partial charge in [0.05, 0.1) is 16.7 Å². The number of benzene rings is 1. The van der Waals surface area contributed by atoms with Gasteiger partial charge in [-0.2, -0.15) is 0 Å². The van der Waals surface area contributed by atoms with Crippen LogP contribution in [-0.2, 0) is 0 Å². The molecule has 1 aromatic heterocycles. The average Bonchev–Trinajstić information content (AvgIpc) is 2.82. The number of aromatic amines is 2. The Kier molecular flexibility index (Phi) is 3.14. The Bertz CT molecular complexity index is 652. The van der Waals surface area contributed by atoms with E-state index in [1.165, 1.54) is 0 Å². The van der Waals surface area contributed by atoms with Crippen molar-refractivity contribution in [1.29, 1.82) is 0 Å². The first kappa shape index (κ1) is 12.7. The number of nitrogens with one attached hydrogen (secondary N) is 3. The van der Waals surface area contributed by atoms with Gasteiger partial charge in [0.2, 0.25) is 0 Å². The molecule has 0 saturated carbocycles. The van der Waals surface area contributed by atoms with Gasteiger partial charge in [-0.05, 0) is 48.5 Å². The molecular weight excluding hydrogens is 308 g/mol. The maximum absolute atomic E-state index is 11.3. The smallest absolute Gasteiger partial charge is 0.323 e. The summed E-state index contributed by atoms with van der Waals surface area (Å²) in [5, 5.41) is 3.55. The summed E-state index contributed by atoms with van der Waals surface area (Å²) in [6.07, 6.45) is 1.13. The number of halogens is 1. The second kappa shape index (κ2) is 4.68. The zero-order chi connectivity index (χ0) is 13.6. The molecule has 6 heteroatoms. The fourth-order valence-electron chi connectivity index (χ4n) is 2.68. The van der Waals surface area contributed by atoms with E-state index in [0.29, 0.717) is 12.1 Å². The Morgan fingerprint density at radius 1 is 1.37 bits per heavy atom. The van der Waals surface area contributed by atoms with Gasteiger partial charge >= 0.3 is 5.69 Å². The highest BCUT2D eigenvalue weighted by Crippen LogP contribution is 2.29. The van der Waals surface area contributed by atoms with Crippen LogP contribution in [0.3, 0.4) is 0 Å². The Morgan fingerprint density at radius 2 is 2.05 bits per heavy atom. The van der Waals surface area contributed by atoms with Crippen molar-refractivity contribution in [2.45, 2.75) is 25.4 Å². The van der Waals surface area contributed by atoms with Crippen LogP contribution in [0.15, 0.2) is 21.4 Å². The molecule has 1 fully saturated rings. The third-order valence-electron chi connectivity index (χ3n) is 3.85. The monoisotopic (exact) mass is 324 g/mol. The molecule has 2 heterocycles. The van der Waals surface area contributed by atoms with Gasteiger partial charge in [-0.3, -0.25) is 0 Å². The van der Waals surface area contributed by atoms with Gasteiger partial charge in [-0.1, -0.05) is 0 Å². The third kappa shape index (κ3) is 2.42. The number of likely N-dealkylation sites (tertiary alicyclic amines) is 1. The molecule has 0 spiro atoms. The largest absolute Gasteiger partial charge is 0.380 e. The number of imidazole rings is 1. The first-order valence-corrected chi connectivity index (χ1v) is 7.20. The second-order valence-corrected chi connectivity index (χ2v) is 6.18. The predicted molar refractivity (Wildman–Crippen MR) is 80.7 cm³/mol. The van der Waals surface area contributed by atoms with Crippen molar-refractivity contribution >= 4 is 32.7 Å². The van der Waals surface area contributed by atoms with Crippen LogP contribution in [0.5, 0.6) is 0 Å². The Hall–Kier alpha value is -1.27. The highest BCUT2D eigenvalue weighted by atomic mass is 79.9. The van der Waals surface area contributed by atoms with Crippen molar-refractivity contribution < 1.29 is 0 Å². The van der Waals surface area contributed by atoms with E-state index in [9.17, 15) is 4.79 Å². The van der Waals surface area contributed by atoms with Crippen molar-refractivity contribution in [1.82, 2.24) is 14.9 Å². The number of hydrogen-bond donors (Lipinski definition) is 3. The lowest BCUT2D eigenvalue weighted by atomic mass is 10.2. The van der Waals surface area contributed by atoms with Gasteiger partial charge in [-0.25, -0.2) is 4.79 Å². The van der Waals surface area contributed by atoms with E-state index in [-0.39, 0.29) is 5.69 Å². The summed E-state index contributed by atoms with van der Waals surface area (Å²) in [6, 6.07) is 4.95. The fourth-order valence-corrected chi connectivity index (χ4v) is 3.14. The summed E-state index contributed by atoms with van der Waals surface area (Å²) in [5.41, 5.74) is 2.50. The molecule has 2 atom stereocenters. The van der Waals surface area contributed by atoms with Crippen LogP contribution < -0.4 is 11.0 Å². The summed E-state index contributed by atoms with van der Waals surface area (Å²) >= 11 is 3.55. The molecule has 3 rings (SSSR count). The summed E-state index contributed by atoms with van der Waals surface area (Å²) in [6.45, 7) is 3.28. The molecule has 102 valence electrons. The minimum absolute atomic E-state index is 0.173. The van der Waals surface area contributed by atoms with E-state index < -0.39 is 0 Å². The Balaban J connectivity index is 1.88. The summed E-state index contributed by atoms with van der Waals surface area (Å²) in [4.78, 5) is 19.2. The van der Waals surface area contributed by atoms with Gasteiger partial charge in [0.25, 0.3) is 0 Å². The van der Waals surface area contributed by atoms with Crippen LogP contribution in [0.25, 0.3) is 11.0 Å². The average molecular weight is 325 g/mol. The first-order chi connectivity index (χ1) is 9.02. The highest BCUT2D eigenvalue weighted by molar-refractivity contribution is 9.10. The van der Waals surface area contributed by atoms with E-state index in [1.54, 1.807) is 0 Å². The van der Waals surface area contributed by atoms with Crippen LogP contribution in [0.2, 0.25) is 0 Å². The first-order valence-electron chi connectivity index (χ1n) is 6.41. The van der Waals surface area contributed by atoms with Crippen LogP contribution in [0, 0.1) is 0 Å². The molecular formula is C13H17BrN4O. The van der Waals surface area contributed by atoms with E-state index in [4.69, 9.17) is 0 Å². The normalized spacial score (nSPS) is 24.2. The van der Waals surface area contributed by atoms with E-state index >= 15 is 0 Å². The fraction of sp³-hybridized carbons (Fsp3) is 0.462. The summed E-state index contributed by atoms with van der Waals surface area (Å²) < 4.78 is 0.970. The van der Waals surface area contributed by atoms with Gasteiger partial charge in [-0.15, -0.1) is 0 Å². The van der Waals surface area contributed by atoms with E-state index in [2.05, 4.69) is 50.1 Å². The molecule has 0 bridgehead atoms. The van der Waals surface area contributed by atoms with Crippen molar-refractivity contribution in [3.05, 3.63) is 27.1 Å². The highest BCUT2D eigenvalue weighted by Gasteiger charge is 2.26. The van der Waals surface area contributed by atoms with Crippen LogP contribution >= 0.6 is 15.9 Å². The standard InChI is InChI=1S/C13H17BrN4O/c1-7-3-8(6-18(7)2)15-10-5-12-11(4-9(10)14)16-13(19)17-12/h4-5,7-8,15H,3,6H2,1-2H3,(H2,16,17,19). The van der Waals surface area contributed by atoms with Gasteiger partial charge in [0, 0.05) is 23.1 Å². The van der Waals surface area contributed by atoms with Gasteiger partial charge < -0.3 is 20.2 Å². The maximum Gasteiger partial charge on any atom is 0.323 e. The lowest BCUT2D eigenvalue weighted by Crippen LogP contribution is -2.25. The van der Waals surface area contributed by atoms with E-state index in [1.807, 2.05) is 12.1 Å². The molecule has 2 aromatic rings. The number of anilines is 1. The van der Waals surface area contributed by atoms with Crippen molar-refractivity contribution in [3.63, 3.8) is 0 Å². The molecule has 3 N–H and O–H groups in total. The molecule has 19 heavy (non-hydrogen) atoms. The SMILES string of the molecule is CC1CC(Nc2cc3[nH]c(=O)[nH]c3cc2Br)CN1C. The third-order valence-corrected chi connectivity index (χ3v) is 4.51. The molecule has 1 saturated heterocycles. The van der Waals surface area contributed by atoms with Gasteiger partial charge in [0.1, 0.15) is 0 Å². The number of H-pyrrole nitrogens is 2. The minimum atomic E-state index is -0.173. The zero-order valence-electron chi connectivity index (χ0n) is 11.0. The Morgan fingerprint density at radius 3 is 2.68 bits per heavy atom. The van der Waals surface area contributed by atoms with Crippen LogP contribution in [0.4, 0.5) is 5.69 Å². The molecule has 1 aromatic carbocycles. The second-order valence-electron chi connectivity index (χ2n) is 5.32. The molecule has 1 aliphatic rings. The Labute approximate surface area is 119 Å². The minimum Gasteiger partial charge on any atom is -0.380 e. The van der Waals surface area contributed by atoms with Crippen molar-refractivity contribution in [2.24, 2.45) is 0 Å². The van der Waals surface area contributed by atoms with Crippen LogP contribution in [0.1, 0.15) is 13.3 Å². The predicted octanol–water partition coefficient (Wildman–Crippen LogP) is 2.12. The molecule has 0 amide bonds. The number of likely N-dealkylation sites (N-methyl/N-ethyl adjacent to an activating group) is 1. The number of fused-ring (bicyclic) bond motifs is 1. The molecule has 5 nitrogen and oxygen atoms in total. The molecule has 0 aliphatic carbocycles. The molecule has 2 unspecified atom stereocenters. The summed E-state index contributed by atoms with van der Waals surface area (Å²) in [5.74, 6) is 0. The maximum atomic E-state index is 11.3. The molecule has 0 radical (unpaired) electrons. The number of aromatic nitrogens is 2.